The summed E-state index contributed by atoms with van der Waals surface area (Å²) >= 11 is 0. The van der Waals surface area contributed by atoms with Crippen molar-refractivity contribution in [3.63, 3.8) is 0 Å². The number of nitrogens with zero attached hydrogens (tertiary/aromatic N) is 2. The van der Waals surface area contributed by atoms with Crippen LogP contribution in [0.25, 0.3) is 0 Å². The molecular formula is C70H124N2. The molecule has 0 aromatic carbocycles. The van der Waals surface area contributed by atoms with Crippen molar-refractivity contribution in [2.24, 2.45) is 82.9 Å². The Morgan fingerprint density at radius 1 is 0.292 bits per heavy atom. The molecule has 0 aliphatic heterocycles. The van der Waals surface area contributed by atoms with Crippen molar-refractivity contribution < 1.29 is 0 Å². The van der Waals surface area contributed by atoms with Crippen molar-refractivity contribution in [2.45, 2.75) is 359 Å². The zero-order chi connectivity index (χ0) is 49.2. The van der Waals surface area contributed by atoms with Gasteiger partial charge in [-0.2, -0.15) is 0 Å². The van der Waals surface area contributed by atoms with Crippen LogP contribution in [0.15, 0.2) is 0 Å². The minimum atomic E-state index is 0.890. The third-order valence-corrected chi connectivity index (χ3v) is 25.7. The summed E-state index contributed by atoms with van der Waals surface area (Å²) < 4.78 is 0. The van der Waals surface area contributed by atoms with Crippen molar-refractivity contribution in [1.82, 2.24) is 9.80 Å². The number of hydrogen-bond donors (Lipinski definition) is 0. The maximum atomic E-state index is 3.56. The molecule has 0 bridgehead atoms. The van der Waals surface area contributed by atoms with Gasteiger partial charge in [0.25, 0.3) is 0 Å². The molecule has 0 saturated heterocycles. The van der Waals surface area contributed by atoms with E-state index in [-0.39, 0.29) is 0 Å². The Morgan fingerprint density at radius 2 is 0.611 bits per heavy atom. The third kappa shape index (κ3) is 13.3. The molecule has 0 radical (unpaired) electrons. The minimum Gasteiger partial charge on any atom is -0.294 e. The summed E-state index contributed by atoms with van der Waals surface area (Å²) in [7, 11) is 0. The zero-order valence-electron chi connectivity index (χ0n) is 49.0. The highest BCUT2D eigenvalue weighted by atomic mass is 15.2. The van der Waals surface area contributed by atoms with Gasteiger partial charge in [0, 0.05) is 36.3 Å². The molecule has 2 nitrogen and oxygen atoms in total. The normalized spacial score (nSPS) is 42.4. The fourth-order valence-electron chi connectivity index (χ4n) is 22.0. The van der Waals surface area contributed by atoms with E-state index in [9.17, 15) is 0 Å². The summed E-state index contributed by atoms with van der Waals surface area (Å²) in [4.78, 5) is 7.12. The van der Waals surface area contributed by atoms with E-state index in [1.165, 1.54) is 141 Å². The van der Waals surface area contributed by atoms with E-state index in [2.05, 4.69) is 37.5 Å². The first-order valence-corrected chi connectivity index (χ1v) is 35.0. The second kappa shape index (κ2) is 27.7. The molecule has 10 fully saturated rings. The quantitative estimate of drug-likeness (QED) is 0.0998. The highest BCUT2D eigenvalue weighted by molar-refractivity contribution is 5.14. The van der Waals surface area contributed by atoms with E-state index in [0.29, 0.717) is 0 Å². The van der Waals surface area contributed by atoms with Crippen LogP contribution in [0.1, 0.15) is 323 Å². The molecule has 0 spiro atoms. The predicted molar refractivity (Wildman–Crippen MR) is 310 cm³/mol. The summed E-state index contributed by atoms with van der Waals surface area (Å²) in [5.74, 6) is 14.4. The molecule has 0 aromatic heterocycles. The first kappa shape index (κ1) is 55.2. The summed E-state index contributed by atoms with van der Waals surface area (Å²) in [6.07, 6.45) is 70.8. The zero-order valence-corrected chi connectivity index (χ0v) is 49.0. The molecule has 10 atom stereocenters. The number of rotatable bonds is 22. The van der Waals surface area contributed by atoms with E-state index in [0.717, 1.165) is 119 Å². The van der Waals surface area contributed by atoms with Crippen LogP contribution in [-0.4, -0.2) is 46.1 Å². The predicted octanol–water partition coefficient (Wildman–Crippen LogP) is 20.6. The molecule has 72 heavy (non-hydrogen) atoms. The fraction of sp³-hybridized carbons (Fsp3) is 1.00. The van der Waals surface area contributed by atoms with Gasteiger partial charge in [-0.05, 0) is 224 Å². The first-order chi connectivity index (χ1) is 35.5. The molecule has 0 aromatic rings. The molecule has 10 unspecified atom stereocenters. The van der Waals surface area contributed by atoms with Gasteiger partial charge in [0.1, 0.15) is 0 Å². The van der Waals surface area contributed by atoms with Gasteiger partial charge in [0.15, 0.2) is 0 Å². The molecule has 10 saturated carbocycles. The minimum absolute atomic E-state index is 0.890. The molecule has 10 aliphatic rings. The van der Waals surface area contributed by atoms with Gasteiger partial charge in [-0.25, -0.2) is 0 Å². The largest absolute Gasteiger partial charge is 0.294 e. The summed E-state index contributed by atoms with van der Waals surface area (Å²) in [5, 5.41) is 0. The Hall–Kier alpha value is -0.0800. The van der Waals surface area contributed by atoms with Gasteiger partial charge in [-0.15, -0.1) is 0 Å². The molecule has 0 N–H and O–H groups in total. The summed E-state index contributed by atoms with van der Waals surface area (Å²) in [5.41, 5.74) is 0. The molecule has 414 valence electrons. The summed E-state index contributed by atoms with van der Waals surface area (Å²) in [6, 6.07) is 5.38. The van der Waals surface area contributed by atoms with Crippen molar-refractivity contribution >= 4 is 0 Å². The lowest BCUT2D eigenvalue weighted by molar-refractivity contribution is -0.189. The van der Waals surface area contributed by atoms with E-state index < -0.39 is 0 Å². The highest BCUT2D eigenvalue weighted by Gasteiger charge is 2.63. The lowest BCUT2D eigenvalue weighted by atomic mass is 9.41. The topological polar surface area (TPSA) is 6.48 Å². The van der Waals surface area contributed by atoms with Gasteiger partial charge in [-0.3, -0.25) is 9.80 Å². The molecule has 0 amide bonds. The van der Waals surface area contributed by atoms with Gasteiger partial charge in [-0.1, -0.05) is 182 Å². The number of unbranched alkanes of at least 4 members (excludes halogenated alkanes) is 10. The SMILES string of the molecule is CCCCCCCCC1CCC(N(C2CCC(C)CC2)C2CC(C3CCCCC3)C3CCC4C5C(CCC2C35)C(C2CCCCC2)CC4N(C2CCC(C)CC2)C2CCC(CCCCCCCC)CC2)CC1. The average Bonchev–Trinajstić information content (AvgIpc) is 3.42. The molecule has 10 aliphatic carbocycles. The van der Waals surface area contributed by atoms with Crippen LogP contribution >= 0.6 is 0 Å². The Labute approximate surface area is 449 Å². The van der Waals surface area contributed by atoms with E-state index in [4.69, 9.17) is 0 Å². The van der Waals surface area contributed by atoms with E-state index in [1.54, 1.807) is 154 Å². The van der Waals surface area contributed by atoms with Crippen molar-refractivity contribution in [1.29, 1.82) is 0 Å². The van der Waals surface area contributed by atoms with Crippen molar-refractivity contribution in [3.05, 3.63) is 0 Å². The number of hydrogen-bond acceptors (Lipinski definition) is 2. The van der Waals surface area contributed by atoms with Crippen LogP contribution in [0.2, 0.25) is 0 Å². The van der Waals surface area contributed by atoms with Gasteiger partial charge >= 0.3 is 0 Å². The smallest absolute Gasteiger partial charge is 0.0135 e. The van der Waals surface area contributed by atoms with Crippen molar-refractivity contribution in [3.8, 4) is 0 Å². The standard InChI is InChI=1S/C70H124N2/c1-5-7-9-11-13-17-23-53-33-41-59(42-34-53)71(57-37-29-51(3)30-38-57)67-49-65(55-25-19-15-20-26-55)61-46-48-64-68(50-66(56-27-21-16-22-28-56)62-45-47-63(67)69(61)70(62)64)72(58-39-31-52(4)32-40-58)60-43-35-54(36-44-60)24-18-14-12-10-8-6-2/h51-70H,5-50H2,1-4H3. The second-order valence-corrected chi connectivity index (χ2v) is 29.9. The van der Waals surface area contributed by atoms with Crippen LogP contribution in [0.5, 0.6) is 0 Å². The van der Waals surface area contributed by atoms with Gasteiger partial charge in [0.2, 0.25) is 0 Å². The Morgan fingerprint density at radius 3 is 0.972 bits per heavy atom. The van der Waals surface area contributed by atoms with Crippen molar-refractivity contribution in [2.75, 3.05) is 0 Å². The Bertz CT molecular complexity index is 1380. The fourth-order valence-corrected chi connectivity index (χ4v) is 22.0. The monoisotopic (exact) mass is 993 g/mol. The lowest BCUT2D eigenvalue weighted by Crippen LogP contribution is -2.67. The maximum absolute atomic E-state index is 3.56. The van der Waals surface area contributed by atoms with Crippen LogP contribution in [-0.2, 0) is 0 Å². The molecule has 10 rings (SSSR count). The first-order valence-electron chi connectivity index (χ1n) is 35.0. The Balaban J connectivity index is 0.948. The summed E-state index contributed by atoms with van der Waals surface area (Å²) in [6.45, 7) is 9.98. The molecular weight excluding hydrogens is 869 g/mol. The second-order valence-electron chi connectivity index (χ2n) is 29.9. The Kier molecular flexibility index (Phi) is 21.2. The van der Waals surface area contributed by atoms with Crippen LogP contribution < -0.4 is 0 Å². The third-order valence-electron chi connectivity index (χ3n) is 25.7. The van der Waals surface area contributed by atoms with E-state index >= 15 is 0 Å². The molecule has 2 heteroatoms. The maximum Gasteiger partial charge on any atom is 0.0135 e. The lowest BCUT2D eigenvalue weighted by Gasteiger charge is -2.68. The van der Waals surface area contributed by atoms with Crippen LogP contribution in [0, 0.1) is 82.9 Å². The highest BCUT2D eigenvalue weighted by Crippen LogP contribution is 2.67. The average molecular weight is 994 g/mol. The van der Waals surface area contributed by atoms with Crippen LogP contribution in [0.4, 0.5) is 0 Å². The van der Waals surface area contributed by atoms with E-state index in [1.807, 2.05) is 0 Å². The van der Waals surface area contributed by atoms with Crippen LogP contribution in [0.3, 0.4) is 0 Å². The van der Waals surface area contributed by atoms with Gasteiger partial charge < -0.3 is 0 Å². The van der Waals surface area contributed by atoms with Gasteiger partial charge in [0.05, 0.1) is 0 Å². The molecule has 0 heterocycles.